The van der Waals surface area contributed by atoms with Gasteiger partial charge in [0.05, 0.1) is 5.69 Å². The molecule has 31 heavy (non-hydrogen) atoms. The fourth-order valence-electron chi connectivity index (χ4n) is 4.65. The van der Waals surface area contributed by atoms with Gasteiger partial charge in [0.2, 0.25) is 0 Å². The van der Waals surface area contributed by atoms with Gasteiger partial charge >= 0.3 is 6.03 Å². The summed E-state index contributed by atoms with van der Waals surface area (Å²) in [6.45, 7) is 2.06. The van der Waals surface area contributed by atoms with Crippen LogP contribution in [0.4, 0.5) is 14.9 Å². The summed E-state index contributed by atoms with van der Waals surface area (Å²) < 4.78 is 13.1. The first-order valence-electron chi connectivity index (χ1n) is 10.7. The lowest BCUT2D eigenvalue weighted by molar-refractivity contribution is 0.0762. The summed E-state index contributed by atoms with van der Waals surface area (Å²) in [6, 6.07) is 15.8. The number of urea groups is 1. The first kappa shape index (κ1) is 19.5. The Hall–Kier alpha value is -3.41. The van der Waals surface area contributed by atoms with Gasteiger partial charge < -0.3 is 15.1 Å². The maximum absolute atomic E-state index is 13.1. The lowest BCUT2D eigenvalue weighted by Gasteiger charge is -2.23. The molecule has 1 fully saturated rings. The number of aryl methyl sites for hydroxylation is 2. The lowest BCUT2D eigenvalue weighted by atomic mass is 10.0. The molecule has 0 atom stereocenters. The molecule has 1 aliphatic carbocycles. The largest absolute Gasteiger partial charge is 0.337 e. The van der Waals surface area contributed by atoms with Gasteiger partial charge in [-0.15, -0.1) is 0 Å². The van der Waals surface area contributed by atoms with E-state index in [-0.39, 0.29) is 17.8 Å². The Kier molecular flexibility index (Phi) is 5.06. The smallest absolute Gasteiger partial charge is 0.321 e. The van der Waals surface area contributed by atoms with Crippen LogP contribution in [0, 0.1) is 5.82 Å². The molecule has 0 radical (unpaired) electrons. The molecule has 3 amide bonds. The van der Waals surface area contributed by atoms with Crippen LogP contribution < -0.4 is 5.32 Å². The van der Waals surface area contributed by atoms with Crippen molar-refractivity contribution in [3.63, 3.8) is 0 Å². The third kappa shape index (κ3) is 3.74. The molecule has 0 spiro atoms. The zero-order chi connectivity index (χ0) is 21.4. The molecule has 2 aliphatic rings. The SMILES string of the molecule is O=C(Nc1ccc2c3c(cccc13)CC2)N1CCCN(C(=O)c2ccc(F)cc2)CC1. The Morgan fingerprint density at radius 2 is 1.52 bits per heavy atom. The molecule has 3 aromatic rings. The molecular weight excluding hydrogens is 393 g/mol. The van der Waals surface area contributed by atoms with Crippen molar-refractivity contribution in [3.8, 4) is 0 Å². The van der Waals surface area contributed by atoms with Crippen LogP contribution in [0.5, 0.6) is 0 Å². The molecule has 0 unspecified atom stereocenters. The quantitative estimate of drug-likeness (QED) is 0.670. The molecule has 0 bridgehead atoms. The van der Waals surface area contributed by atoms with Crippen molar-refractivity contribution in [2.75, 3.05) is 31.5 Å². The van der Waals surface area contributed by atoms with Gasteiger partial charge in [-0.1, -0.05) is 24.3 Å². The molecule has 1 heterocycles. The highest BCUT2D eigenvalue weighted by Crippen LogP contribution is 2.35. The van der Waals surface area contributed by atoms with E-state index in [1.54, 1.807) is 9.80 Å². The van der Waals surface area contributed by atoms with Crippen molar-refractivity contribution in [1.82, 2.24) is 9.80 Å². The van der Waals surface area contributed by atoms with Gasteiger partial charge in [0.1, 0.15) is 5.82 Å². The summed E-state index contributed by atoms with van der Waals surface area (Å²) in [5.74, 6) is -0.493. The highest BCUT2D eigenvalue weighted by molar-refractivity contribution is 6.04. The minimum absolute atomic E-state index is 0.130. The van der Waals surface area contributed by atoms with Gasteiger partial charge in [0.15, 0.2) is 0 Å². The number of carbonyl (C=O) groups excluding carboxylic acids is 2. The topological polar surface area (TPSA) is 52.7 Å². The fraction of sp³-hybridized carbons (Fsp3) is 0.280. The first-order chi connectivity index (χ1) is 15.1. The number of nitrogens with zero attached hydrogens (tertiary/aromatic N) is 2. The second-order valence-electron chi connectivity index (χ2n) is 8.18. The average Bonchev–Trinajstić information content (AvgIpc) is 3.04. The molecule has 1 aliphatic heterocycles. The van der Waals surface area contributed by atoms with Crippen molar-refractivity contribution in [2.45, 2.75) is 19.3 Å². The maximum atomic E-state index is 13.1. The number of hydrogen-bond acceptors (Lipinski definition) is 2. The number of rotatable bonds is 2. The number of hydrogen-bond donors (Lipinski definition) is 1. The number of anilines is 1. The lowest BCUT2D eigenvalue weighted by Crippen LogP contribution is -2.39. The normalized spacial score (nSPS) is 15.8. The molecule has 0 saturated carbocycles. The van der Waals surface area contributed by atoms with Crippen molar-refractivity contribution in [2.24, 2.45) is 0 Å². The van der Waals surface area contributed by atoms with Crippen LogP contribution >= 0.6 is 0 Å². The van der Waals surface area contributed by atoms with Crippen LogP contribution in [-0.2, 0) is 12.8 Å². The third-order valence-corrected chi connectivity index (χ3v) is 6.28. The van der Waals surface area contributed by atoms with Gasteiger partial charge in [0, 0.05) is 37.1 Å². The van der Waals surface area contributed by atoms with E-state index < -0.39 is 0 Å². The Morgan fingerprint density at radius 1 is 0.806 bits per heavy atom. The molecule has 3 aromatic carbocycles. The average molecular weight is 417 g/mol. The highest BCUT2D eigenvalue weighted by atomic mass is 19.1. The van der Waals surface area contributed by atoms with Gasteiger partial charge in [-0.2, -0.15) is 0 Å². The van der Waals surface area contributed by atoms with Gasteiger partial charge in [-0.25, -0.2) is 9.18 Å². The summed E-state index contributed by atoms with van der Waals surface area (Å²) in [5, 5.41) is 5.45. The fourth-order valence-corrected chi connectivity index (χ4v) is 4.65. The molecule has 5 rings (SSSR count). The molecule has 1 N–H and O–H groups in total. The Bertz CT molecular complexity index is 1150. The van der Waals surface area contributed by atoms with E-state index in [0.29, 0.717) is 38.2 Å². The minimum Gasteiger partial charge on any atom is -0.337 e. The molecule has 0 aromatic heterocycles. The minimum atomic E-state index is -0.363. The van der Waals surface area contributed by atoms with Gasteiger partial charge in [0.25, 0.3) is 5.91 Å². The van der Waals surface area contributed by atoms with E-state index >= 15 is 0 Å². The Morgan fingerprint density at radius 3 is 2.32 bits per heavy atom. The maximum Gasteiger partial charge on any atom is 0.321 e. The van der Waals surface area contributed by atoms with E-state index in [2.05, 4.69) is 23.5 Å². The van der Waals surface area contributed by atoms with Crippen LogP contribution in [0.15, 0.2) is 54.6 Å². The summed E-state index contributed by atoms with van der Waals surface area (Å²) in [6.07, 6.45) is 2.80. The van der Waals surface area contributed by atoms with E-state index in [1.807, 2.05) is 12.1 Å². The van der Waals surface area contributed by atoms with E-state index in [0.717, 1.165) is 23.9 Å². The monoisotopic (exact) mass is 417 g/mol. The summed E-state index contributed by atoms with van der Waals surface area (Å²) >= 11 is 0. The van der Waals surface area contributed by atoms with Crippen molar-refractivity contribution in [3.05, 3.63) is 77.1 Å². The van der Waals surface area contributed by atoms with Gasteiger partial charge in [-0.3, -0.25) is 4.79 Å². The summed E-state index contributed by atoms with van der Waals surface area (Å²) in [4.78, 5) is 29.2. The van der Waals surface area contributed by atoms with Crippen molar-refractivity contribution >= 4 is 28.4 Å². The first-order valence-corrected chi connectivity index (χ1v) is 10.7. The Balaban J connectivity index is 1.28. The number of carbonyl (C=O) groups is 2. The van der Waals surface area contributed by atoms with Crippen molar-refractivity contribution < 1.29 is 14.0 Å². The number of halogens is 1. The van der Waals surface area contributed by atoms with Crippen LogP contribution in [0.25, 0.3) is 10.8 Å². The molecule has 1 saturated heterocycles. The number of amides is 3. The van der Waals surface area contributed by atoms with Crippen LogP contribution in [0.2, 0.25) is 0 Å². The predicted octanol–water partition coefficient (Wildman–Crippen LogP) is 4.46. The van der Waals surface area contributed by atoms with Crippen LogP contribution in [0.1, 0.15) is 27.9 Å². The molecule has 6 heteroatoms. The van der Waals surface area contributed by atoms with E-state index in [1.165, 1.54) is 40.8 Å². The molecule has 158 valence electrons. The van der Waals surface area contributed by atoms with Gasteiger partial charge in [-0.05, 0) is 66.1 Å². The van der Waals surface area contributed by atoms with Crippen molar-refractivity contribution in [1.29, 1.82) is 0 Å². The van der Waals surface area contributed by atoms with Crippen LogP contribution in [-0.4, -0.2) is 47.9 Å². The zero-order valence-corrected chi connectivity index (χ0v) is 17.2. The molecular formula is C25H24FN3O2. The second-order valence-corrected chi connectivity index (χ2v) is 8.18. The highest BCUT2D eigenvalue weighted by Gasteiger charge is 2.24. The number of benzene rings is 3. The zero-order valence-electron chi connectivity index (χ0n) is 17.2. The Labute approximate surface area is 180 Å². The summed E-state index contributed by atoms with van der Waals surface area (Å²) in [7, 11) is 0. The third-order valence-electron chi connectivity index (χ3n) is 6.28. The number of nitrogens with one attached hydrogen (secondary N) is 1. The van der Waals surface area contributed by atoms with Crippen LogP contribution in [0.3, 0.4) is 0 Å². The van der Waals surface area contributed by atoms with E-state index in [4.69, 9.17) is 0 Å². The summed E-state index contributed by atoms with van der Waals surface area (Å²) in [5.41, 5.74) is 3.98. The van der Waals surface area contributed by atoms with E-state index in [9.17, 15) is 14.0 Å². The second kappa shape index (κ2) is 8.02. The molecule has 5 nitrogen and oxygen atoms in total. The standard InChI is InChI=1S/C25H24FN3O2/c26-20-10-7-19(8-11-20)24(30)28-13-2-14-29(16-15-28)25(31)27-22-12-9-18-6-5-17-3-1-4-21(22)23(17)18/h1,3-4,7-12H,2,5-6,13-16H2,(H,27,31). The predicted molar refractivity (Wildman–Crippen MR) is 119 cm³/mol.